The Kier molecular flexibility index (Phi) is 7.04. The van der Waals surface area contributed by atoms with Crippen molar-refractivity contribution in [3.8, 4) is 11.5 Å². The van der Waals surface area contributed by atoms with E-state index in [1.165, 1.54) is 0 Å². The fraction of sp³-hybridized carbons (Fsp3) is 0.250. The number of para-hydroxylation sites is 2. The quantitative estimate of drug-likeness (QED) is 0.560. The van der Waals surface area contributed by atoms with E-state index in [1.807, 2.05) is 42.5 Å². The molecule has 0 heterocycles. The maximum Gasteiger partial charge on any atom is 0.333 e. The number of carbonyl (C=O) groups is 1. The number of carbonyl (C=O) groups excluding carboxylic acids is 1. The normalized spacial score (nSPS) is 11.4. The van der Waals surface area contributed by atoms with Crippen LogP contribution in [0.4, 0.5) is 0 Å². The second-order valence-corrected chi connectivity index (χ2v) is 5.55. The number of benzene rings is 2. The van der Waals surface area contributed by atoms with E-state index >= 15 is 0 Å². The molecular formula is C20H22O5. The van der Waals surface area contributed by atoms with Crippen molar-refractivity contribution in [2.45, 2.75) is 19.6 Å². The maximum absolute atomic E-state index is 11.5. The molecule has 2 rings (SSSR count). The number of ether oxygens (including phenoxy) is 3. The standard InChI is InChI=1S/C20H22O5/c1-15(2)20(22)25-12-16-8-6-7-11-19(16)24-14-17(21)13-23-18-9-4-3-5-10-18/h3-11,17,21H,1,12-14H2,2H3. The molecule has 2 aromatic carbocycles. The predicted molar refractivity (Wildman–Crippen MR) is 94.5 cm³/mol. The van der Waals surface area contributed by atoms with Gasteiger partial charge in [0.15, 0.2) is 0 Å². The predicted octanol–water partition coefficient (Wildman–Crippen LogP) is 3.12. The van der Waals surface area contributed by atoms with E-state index in [1.54, 1.807) is 19.1 Å². The van der Waals surface area contributed by atoms with Crippen LogP contribution in [-0.4, -0.2) is 30.4 Å². The third kappa shape index (κ3) is 6.31. The van der Waals surface area contributed by atoms with Crippen LogP contribution in [0, 0.1) is 0 Å². The topological polar surface area (TPSA) is 65.0 Å². The van der Waals surface area contributed by atoms with Gasteiger partial charge in [0.05, 0.1) is 0 Å². The second kappa shape index (κ2) is 9.49. The molecule has 0 aliphatic rings. The van der Waals surface area contributed by atoms with Gasteiger partial charge in [0.1, 0.15) is 37.4 Å². The molecule has 0 aliphatic carbocycles. The van der Waals surface area contributed by atoms with Crippen molar-refractivity contribution < 1.29 is 24.1 Å². The number of esters is 1. The van der Waals surface area contributed by atoms with Crippen molar-refractivity contribution in [2.24, 2.45) is 0 Å². The number of aliphatic hydroxyl groups is 1. The van der Waals surface area contributed by atoms with Crippen molar-refractivity contribution in [2.75, 3.05) is 13.2 Å². The molecule has 0 saturated carbocycles. The summed E-state index contributed by atoms with van der Waals surface area (Å²) in [6.45, 7) is 5.40. The Morgan fingerprint density at radius 2 is 1.68 bits per heavy atom. The summed E-state index contributed by atoms with van der Waals surface area (Å²) in [6, 6.07) is 16.4. The van der Waals surface area contributed by atoms with Gasteiger partial charge in [-0.25, -0.2) is 4.79 Å². The molecule has 1 N–H and O–H groups in total. The lowest BCUT2D eigenvalue weighted by Crippen LogP contribution is -2.25. The lowest BCUT2D eigenvalue weighted by atomic mass is 10.2. The molecule has 0 aromatic heterocycles. The molecule has 0 amide bonds. The van der Waals surface area contributed by atoms with Crippen LogP contribution in [0.25, 0.3) is 0 Å². The summed E-state index contributed by atoms with van der Waals surface area (Å²) >= 11 is 0. The largest absolute Gasteiger partial charge is 0.491 e. The SMILES string of the molecule is C=C(C)C(=O)OCc1ccccc1OCC(O)COc1ccccc1. The van der Waals surface area contributed by atoms with Crippen molar-refractivity contribution in [1.29, 1.82) is 0 Å². The van der Waals surface area contributed by atoms with Crippen molar-refractivity contribution in [3.63, 3.8) is 0 Å². The van der Waals surface area contributed by atoms with Crippen molar-refractivity contribution in [1.82, 2.24) is 0 Å². The smallest absolute Gasteiger partial charge is 0.333 e. The van der Waals surface area contributed by atoms with Gasteiger partial charge in [-0.3, -0.25) is 0 Å². The Balaban J connectivity index is 1.83. The van der Waals surface area contributed by atoms with Crippen LogP contribution in [0.1, 0.15) is 12.5 Å². The number of hydrogen-bond acceptors (Lipinski definition) is 5. The fourth-order valence-electron chi connectivity index (χ4n) is 1.97. The number of aliphatic hydroxyl groups excluding tert-OH is 1. The molecule has 5 heteroatoms. The highest BCUT2D eigenvalue weighted by Gasteiger charge is 2.11. The number of hydrogen-bond donors (Lipinski definition) is 1. The van der Waals surface area contributed by atoms with Crippen LogP contribution in [-0.2, 0) is 16.1 Å². The van der Waals surface area contributed by atoms with Gasteiger partial charge in [-0.2, -0.15) is 0 Å². The van der Waals surface area contributed by atoms with E-state index in [0.29, 0.717) is 22.6 Å². The Bertz CT molecular complexity index is 696. The molecule has 1 unspecified atom stereocenters. The summed E-state index contributed by atoms with van der Waals surface area (Å²) in [6.07, 6.45) is -0.786. The highest BCUT2D eigenvalue weighted by molar-refractivity contribution is 5.86. The Hall–Kier alpha value is -2.79. The molecule has 132 valence electrons. The van der Waals surface area contributed by atoms with Gasteiger partial charge in [0.25, 0.3) is 0 Å². The molecule has 0 bridgehead atoms. The summed E-state index contributed by atoms with van der Waals surface area (Å²) in [5.74, 6) is 0.788. The minimum atomic E-state index is -0.786. The zero-order valence-electron chi connectivity index (χ0n) is 14.2. The highest BCUT2D eigenvalue weighted by atomic mass is 16.5. The van der Waals surface area contributed by atoms with Gasteiger partial charge in [-0.05, 0) is 25.1 Å². The van der Waals surface area contributed by atoms with Crippen molar-refractivity contribution >= 4 is 5.97 Å². The first kappa shape index (κ1) is 18.5. The third-order valence-corrected chi connectivity index (χ3v) is 3.30. The van der Waals surface area contributed by atoms with Gasteiger partial charge in [-0.15, -0.1) is 0 Å². The fourth-order valence-corrected chi connectivity index (χ4v) is 1.97. The maximum atomic E-state index is 11.5. The van der Waals surface area contributed by atoms with E-state index in [-0.39, 0.29) is 19.8 Å². The van der Waals surface area contributed by atoms with Gasteiger partial charge >= 0.3 is 5.97 Å². The van der Waals surface area contributed by atoms with Gasteiger partial charge < -0.3 is 19.3 Å². The molecule has 0 radical (unpaired) electrons. The molecule has 0 fully saturated rings. The molecular weight excluding hydrogens is 320 g/mol. The van der Waals surface area contributed by atoms with E-state index in [2.05, 4.69) is 6.58 Å². The third-order valence-electron chi connectivity index (χ3n) is 3.30. The lowest BCUT2D eigenvalue weighted by molar-refractivity contribution is -0.140. The highest BCUT2D eigenvalue weighted by Crippen LogP contribution is 2.19. The summed E-state index contributed by atoms with van der Waals surface area (Å²) in [7, 11) is 0. The minimum absolute atomic E-state index is 0.0677. The first-order valence-electron chi connectivity index (χ1n) is 7.95. The Labute approximate surface area is 147 Å². The minimum Gasteiger partial charge on any atom is -0.491 e. The van der Waals surface area contributed by atoms with Crippen LogP contribution in [0.2, 0.25) is 0 Å². The van der Waals surface area contributed by atoms with Crippen LogP contribution in [0.3, 0.4) is 0 Å². The van der Waals surface area contributed by atoms with Crippen LogP contribution in [0.15, 0.2) is 66.7 Å². The van der Waals surface area contributed by atoms with E-state index in [4.69, 9.17) is 14.2 Å². The first-order valence-corrected chi connectivity index (χ1v) is 7.95. The molecule has 0 saturated heterocycles. The average Bonchev–Trinajstić information content (AvgIpc) is 2.64. The Morgan fingerprint density at radius 3 is 2.40 bits per heavy atom. The van der Waals surface area contributed by atoms with Gasteiger partial charge in [0, 0.05) is 11.1 Å². The number of rotatable bonds is 9. The molecule has 2 aromatic rings. The van der Waals surface area contributed by atoms with Gasteiger partial charge in [0.2, 0.25) is 0 Å². The first-order chi connectivity index (χ1) is 12.1. The molecule has 5 nitrogen and oxygen atoms in total. The second-order valence-electron chi connectivity index (χ2n) is 5.55. The molecule has 1 atom stereocenters. The molecule has 0 aliphatic heterocycles. The summed E-state index contributed by atoms with van der Waals surface area (Å²) < 4.78 is 16.3. The zero-order valence-corrected chi connectivity index (χ0v) is 14.2. The molecule has 0 spiro atoms. The van der Waals surface area contributed by atoms with Crippen LogP contribution < -0.4 is 9.47 Å². The van der Waals surface area contributed by atoms with Crippen LogP contribution in [0.5, 0.6) is 11.5 Å². The van der Waals surface area contributed by atoms with E-state index in [0.717, 1.165) is 0 Å². The zero-order chi connectivity index (χ0) is 18.1. The van der Waals surface area contributed by atoms with Crippen LogP contribution >= 0.6 is 0 Å². The lowest BCUT2D eigenvalue weighted by Gasteiger charge is -2.16. The van der Waals surface area contributed by atoms with Gasteiger partial charge in [-0.1, -0.05) is 43.0 Å². The summed E-state index contributed by atoms with van der Waals surface area (Å²) in [5, 5.41) is 10.0. The van der Waals surface area contributed by atoms with E-state index in [9.17, 15) is 9.90 Å². The summed E-state index contributed by atoms with van der Waals surface area (Å²) in [5.41, 5.74) is 1.06. The van der Waals surface area contributed by atoms with Crippen molar-refractivity contribution in [3.05, 3.63) is 72.3 Å². The monoisotopic (exact) mass is 342 g/mol. The Morgan fingerprint density at radius 1 is 1.04 bits per heavy atom. The average molecular weight is 342 g/mol. The molecule has 25 heavy (non-hydrogen) atoms. The van der Waals surface area contributed by atoms with E-state index < -0.39 is 12.1 Å². The summed E-state index contributed by atoms with van der Waals surface area (Å²) in [4.78, 5) is 11.5.